The molecular weight excluding hydrogens is 500 g/mol. The number of aldehydes is 1. The van der Waals surface area contributed by atoms with Crippen molar-refractivity contribution in [2.75, 3.05) is 6.61 Å². The van der Waals surface area contributed by atoms with Crippen LogP contribution in [0.25, 0.3) is 0 Å². The zero-order valence-corrected chi connectivity index (χ0v) is 21.7. The number of esters is 1. The van der Waals surface area contributed by atoms with Gasteiger partial charge < -0.3 is 40.2 Å². The number of fused-ring (bicyclic) bond motifs is 5. The van der Waals surface area contributed by atoms with Gasteiger partial charge in [-0.05, 0) is 67.8 Å². The first kappa shape index (κ1) is 29.0. The lowest BCUT2D eigenvalue weighted by atomic mass is 9.45. The van der Waals surface area contributed by atoms with Crippen molar-refractivity contribution in [3.8, 4) is 0 Å². The number of allylic oxidation sites excluding steroid dienone is 1. The maximum Gasteiger partial charge on any atom is 0.338 e. The van der Waals surface area contributed by atoms with E-state index in [0.29, 0.717) is 19.3 Å². The molecule has 0 radical (unpaired) electrons. The fourth-order valence-corrected chi connectivity index (χ4v) is 8.10. The van der Waals surface area contributed by atoms with Gasteiger partial charge in [-0.1, -0.05) is 19.4 Å². The lowest BCUT2D eigenvalue weighted by Crippen LogP contribution is -2.62. The second-order valence-electron chi connectivity index (χ2n) is 12.1. The molecule has 212 valence electrons. The standard InChI is InChI=1S/C27H38O11/c1-25-7-5-14(29)9-13(25)3-4-15-16-6-8-27(37,26(16,2)10-17(30)20(15)25)19(32)12-38-24(36)23(35)22(34)21(33)18(31)11-28/h9,11,15-18,20-23,30-31,33-35,37H,3-8,10,12H2,1-2H3/t15-,16-,17-,18-,20+,21+,22-,23-,25-,26-,27-/m0/s1. The van der Waals surface area contributed by atoms with E-state index in [-0.39, 0.29) is 48.1 Å². The number of ketones is 2. The average molecular weight is 539 g/mol. The van der Waals surface area contributed by atoms with Crippen LogP contribution in [0.1, 0.15) is 58.8 Å². The summed E-state index contributed by atoms with van der Waals surface area (Å²) < 4.78 is 4.84. The minimum atomic E-state index is -2.35. The first-order valence-electron chi connectivity index (χ1n) is 13.2. The van der Waals surface area contributed by atoms with E-state index in [4.69, 9.17) is 4.74 Å². The highest BCUT2D eigenvalue weighted by atomic mass is 16.6. The van der Waals surface area contributed by atoms with Crippen LogP contribution in [-0.2, 0) is 23.9 Å². The van der Waals surface area contributed by atoms with Gasteiger partial charge in [-0.3, -0.25) is 9.59 Å². The average Bonchev–Trinajstić information content (AvgIpc) is 3.16. The van der Waals surface area contributed by atoms with Gasteiger partial charge in [0.1, 0.15) is 23.9 Å². The van der Waals surface area contributed by atoms with Gasteiger partial charge in [0.2, 0.25) is 5.78 Å². The molecule has 0 saturated heterocycles. The molecule has 0 aliphatic heterocycles. The Morgan fingerprint density at radius 2 is 1.79 bits per heavy atom. The predicted octanol–water partition coefficient (Wildman–Crippen LogP) is -1.02. The third-order valence-corrected chi connectivity index (χ3v) is 10.3. The summed E-state index contributed by atoms with van der Waals surface area (Å²) in [5.74, 6) is -2.32. The molecule has 0 aromatic carbocycles. The third-order valence-electron chi connectivity index (χ3n) is 10.3. The van der Waals surface area contributed by atoms with Crippen molar-refractivity contribution < 1.29 is 54.6 Å². The normalized spacial score (nSPS) is 41.5. The van der Waals surface area contributed by atoms with Crippen LogP contribution in [-0.4, -0.2) is 97.2 Å². The van der Waals surface area contributed by atoms with Gasteiger partial charge in [0.15, 0.2) is 24.8 Å². The molecule has 11 heteroatoms. The van der Waals surface area contributed by atoms with Crippen molar-refractivity contribution in [1.29, 1.82) is 0 Å². The maximum absolute atomic E-state index is 13.3. The van der Waals surface area contributed by atoms with Crippen LogP contribution < -0.4 is 0 Å². The van der Waals surface area contributed by atoms with Crippen LogP contribution >= 0.6 is 0 Å². The van der Waals surface area contributed by atoms with Gasteiger partial charge in [0.25, 0.3) is 0 Å². The monoisotopic (exact) mass is 538 g/mol. The van der Waals surface area contributed by atoms with Crippen LogP contribution in [0.3, 0.4) is 0 Å². The van der Waals surface area contributed by atoms with Crippen molar-refractivity contribution in [2.45, 2.75) is 94.9 Å². The van der Waals surface area contributed by atoms with Crippen LogP contribution in [0.5, 0.6) is 0 Å². The van der Waals surface area contributed by atoms with Crippen molar-refractivity contribution >= 4 is 23.8 Å². The number of aliphatic hydroxyl groups is 6. The molecule has 4 aliphatic carbocycles. The van der Waals surface area contributed by atoms with Crippen LogP contribution in [0, 0.1) is 28.6 Å². The summed E-state index contributed by atoms with van der Waals surface area (Å²) in [5, 5.41) is 61.8. The van der Waals surface area contributed by atoms with E-state index in [1.165, 1.54) is 0 Å². The fraction of sp³-hybridized carbons (Fsp3) is 0.778. The van der Waals surface area contributed by atoms with Crippen molar-refractivity contribution in [1.82, 2.24) is 0 Å². The highest BCUT2D eigenvalue weighted by molar-refractivity contribution is 5.92. The van der Waals surface area contributed by atoms with Crippen LogP contribution in [0.4, 0.5) is 0 Å². The van der Waals surface area contributed by atoms with E-state index in [9.17, 15) is 49.8 Å². The Labute approximate surface area is 220 Å². The van der Waals surface area contributed by atoms with E-state index >= 15 is 0 Å². The van der Waals surface area contributed by atoms with E-state index in [2.05, 4.69) is 6.92 Å². The molecule has 11 atom stereocenters. The van der Waals surface area contributed by atoms with Gasteiger partial charge >= 0.3 is 5.97 Å². The number of aliphatic hydroxyl groups excluding tert-OH is 5. The van der Waals surface area contributed by atoms with E-state index in [1.807, 2.05) is 0 Å². The summed E-state index contributed by atoms with van der Waals surface area (Å²) in [6.07, 6.45) is -4.63. The minimum Gasteiger partial charge on any atom is -0.456 e. The largest absolute Gasteiger partial charge is 0.456 e. The number of carbonyl (C=O) groups is 4. The van der Waals surface area contributed by atoms with E-state index < -0.39 is 59.9 Å². The molecule has 0 unspecified atom stereocenters. The van der Waals surface area contributed by atoms with E-state index in [1.54, 1.807) is 13.0 Å². The summed E-state index contributed by atoms with van der Waals surface area (Å²) in [5.41, 5.74) is -2.15. The topological polar surface area (TPSA) is 199 Å². The summed E-state index contributed by atoms with van der Waals surface area (Å²) >= 11 is 0. The molecule has 0 aromatic rings. The highest BCUT2D eigenvalue weighted by Crippen LogP contribution is 2.67. The summed E-state index contributed by atoms with van der Waals surface area (Å²) in [6.45, 7) is 2.97. The Morgan fingerprint density at radius 3 is 2.45 bits per heavy atom. The molecular formula is C27H38O11. The molecule has 4 aliphatic rings. The summed E-state index contributed by atoms with van der Waals surface area (Å²) in [6, 6.07) is 0. The number of Topliss-reactive ketones (excluding diaryl/α,β-unsaturated/α-hetero) is 1. The van der Waals surface area contributed by atoms with Crippen molar-refractivity contribution in [3.63, 3.8) is 0 Å². The van der Waals surface area contributed by atoms with Crippen LogP contribution in [0.15, 0.2) is 11.6 Å². The third kappa shape index (κ3) is 4.37. The lowest BCUT2D eigenvalue weighted by Gasteiger charge is -2.60. The number of rotatable bonds is 8. The molecule has 0 spiro atoms. The van der Waals surface area contributed by atoms with Crippen molar-refractivity contribution in [2.24, 2.45) is 28.6 Å². The van der Waals surface area contributed by atoms with Crippen molar-refractivity contribution in [3.05, 3.63) is 11.6 Å². The zero-order valence-electron chi connectivity index (χ0n) is 21.7. The lowest BCUT2D eigenvalue weighted by molar-refractivity contribution is -0.187. The molecule has 6 N–H and O–H groups in total. The molecule has 11 nitrogen and oxygen atoms in total. The Balaban J connectivity index is 1.48. The Hall–Kier alpha value is -2.02. The fourth-order valence-electron chi connectivity index (χ4n) is 8.10. The number of ether oxygens (including phenoxy) is 1. The Kier molecular flexibility index (Phi) is 7.76. The molecule has 0 amide bonds. The number of carbonyl (C=O) groups excluding carboxylic acids is 4. The number of hydrogen-bond donors (Lipinski definition) is 6. The Morgan fingerprint density at radius 1 is 1.11 bits per heavy atom. The molecule has 0 heterocycles. The second-order valence-corrected chi connectivity index (χ2v) is 12.1. The van der Waals surface area contributed by atoms with Gasteiger partial charge in [-0.25, -0.2) is 4.79 Å². The maximum atomic E-state index is 13.3. The first-order chi connectivity index (χ1) is 17.7. The van der Waals surface area contributed by atoms with E-state index in [0.717, 1.165) is 18.4 Å². The molecule has 3 fully saturated rings. The van der Waals surface area contributed by atoms with Crippen LogP contribution in [0.2, 0.25) is 0 Å². The highest BCUT2D eigenvalue weighted by Gasteiger charge is 2.68. The molecule has 3 saturated carbocycles. The quantitative estimate of drug-likeness (QED) is 0.163. The summed E-state index contributed by atoms with van der Waals surface area (Å²) in [7, 11) is 0. The van der Waals surface area contributed by atoms with Gasteiger partial charge in [0.05, 0.1) is 6.10 Å². The summed E-state index contributed by atoms with van der Waals surface area (Å²) in [4.78, 5) is 48.1. The first-order valence-corrected chi connectivity index (χ1v) is 13.2. The predicted molar refractivity (Wildman–Crippen MR) is 129 cm³/mol. The molecule has 0 bridgehead atoms. The Bertz CT molecular complexity index is 1020. The second kappa shape index (κ2) is 10.2. The molecule has 0 aromatic heterocycles. The van der Waals surface area contributed by atoms with Gasteiger partial charge in [0, 0.05) is 11.8 Å². The smallest absolute Gasteiger partial charge is 0.338 e. The van der Waals surface area contributed by atoms with Gasteiger partial charge in [-0.2, -0.15) is 0 Å². The minimum absolute atomic E-state index is 0.0335. The molecule has 38 heavy (non-hydrogen) atoms. The number of hydrogen-bond acceptors (Lipinski definition) is 11. The zero-order chi connectivity index (χ0) is 28.2. The van der Waals surface area contributed by atoms with Gasteiger partial charge in [-0.15, -0.1) is 0 Å². The SMILES string of the molecule is C[C@]12CCC(=O)C=C1CC[C@@H]1[C@@H]2[C@@H](O)C[C@@]2(C)[C@H]1CC[C@]2(O)C(=O)COC(=O)[C@@H](O)[C@@H](O)[C@H](O)[C@@H](O)C=O. The molecule has 4 rings (SSSR count).